The van der Waals surface area contributed by atoms with Crippen LogP contribution in [0, 0.1) is 5.92 Å². The van der Waals surface area contributed by atoms with Crippen LogP contribution in [0.4, 0.5) is 0 Å². The second-order valence-electron chi connectivity index (χ2n) is 4.50. The molecule has 18 heavy (non-hydrogen) atoms. The summed E-state index contributed by atoms with van der Waals surface area (Å²) in [4.78, 5) is 22.8. The largest absolute Gasteiger partial charge is 0.481 e. The molecular weight excluding hydrogens is 254 g/mol. The van der Waals surface area contributed by atoms with E-state index in [0.29, 0.717) is 29.8 Å². The minimum Gasteiger partial charge on any atom is -0.481 e. The fraction of sp³-hybridized carbons (Fsp3) is 0.385. The Morgan fingerprint density at radius 3 is 2.61 bits per heavy atom. The maximum atomic E-state index is 12.0. The van der Waals surface area contributed by atoms with Crippen LogP contribution in [-0.4, -0.2) is 23.0 Å². The fourth-order valence-corrected chi connectivity index (χ4v) is 2.47. The molecule has 0 radical (unpaired) electrons. The number of halogens is 1. The van der Waals surface area contributed by atoms with E-state index in [-0.39, 0.29) is 17.9 Å². The number of aliphatic carboxylic acids is 1. The summed E-state index contributed by atoms with van der Waals surface area (Å²) in [6.45, 7) is 0. The third-order valence-electron chi connectivity index (χ3n) is 3.24. The summed E-state index contributed by atoms with van der Waals surface area (Å²) in [6, 6.07) is 6.74. The van der Waals surface area contributed by atoms with Gasteiger partial charge in [-0.3, -0.25) is 9.59 Å². The predicted molar refractivity (Wildman–Crippen MR) is 67.7 cm³/mol. The van der Waals surface area contributed by atoms with Crippen LogP contribution in [0.5, 0.6) is 0 Å². The molecule has 2 atom stereocenters. The monoisotopic (exact) mass is 267 g/mol. The van der Waals surface area contributed by atoms with E-state index in [0.717, 1.165) is 0 Å². The molecule has 2 N–H and O–H groups in total. The summed E-state index contributed by atoms with van der Waals surface area (Å²) in [6.07, 6.45) is 1.81. The molecule has 0 unspecified atom stereocenters. The van der Waals surface area contributed by atoms with Crippen molar-refractivity contribution in [2.75, 3.05) is 0 Å². The summed E-state index contributed by atoms with van der Waals surface area (Å²) in [5.74, 6) is -1.37. The number of hydrogen-bond donors (Lipinski definition) is 2. The van der Waals surface area contributed by atoms with Gasteiger partial charge in [0, 0.05) is 6.04 Å². The van der Waals surface area contributed by atoms with Crippen LogP contribution >= 0.6 is 11.6 Å². The second kappa shape index (κ2) is 5.40. The van der Waals surface area contributed by atoms with E-state index in [1.807, 2.05) is 0 Å². The van der Waals surface area contributed by atoms with Gasteiger partial charge in [-0.05, 0) is 31.4 Å². The molecule has 1 amide bonds. The lowest BCUT2D eigenvalue weighted by Gasteiger charge is -2.13. The molecule has 1 fully saturated rings. The Kier molecular flexibility index (Phi) is 3.87. The molecule has 4 nitrogen and oxygen atoms in total. The van der Waals surface area contributed by atoms with Crippen LogP contribution in [0.15, 0.2) is 24.3 Å². The third-order valence-corrected chi connectivity index (χ3v) is 3.57. The Bertz CT molecular complexity index is 475. The van der Waals surface area contributed by atoms with Gasteiger partial charge < -0.3 is 10.4 Å². The molecule has 0 aromatic heterocycles. The zero-order chi connectivity index (χ0) is 13.1. The third kappa shape index (κ3) is 2.82. The van der Waals surface area contributed by atoms with E-state index in [1.165, 1.54) is 0 Å². The van der Waals surface area contributed by atoms with Gasteiger partial charge in [-0.1, -0.05) is 23.7 Å². The Labute approximate surface area is 110 Å². The smallest absolute Gasteiger partial charge is 0.306 e. The fourth-order valence-electron chi connectivity index (χ4n) is 2.25. The molecule has 2 rings (SSSR count). The van der Waals surface area contributed by atoms with Gasteiger partial charge in [-0.25, -0.2) is 0 Å². The van der Waals surface area contributed by atoms with Crippen LogP contribution in [0.3, 0.4) is 0 Å². The zero-order valence-corrected chi connectivity index (χ0v) is 10.5. The molecule has 1 aliphatic carbocycles. The van der Waals surface area contributed by atoms with Crippen molar-refractivity contribution in [1.29, 1.82) is 0 Å². The topological polar surface area (TPSA) is 66.4 Å². The van der Waals surface area contributed by atoms with Crippen LogP contribution in [0.25, 0.3) is 0 Å². The van der Waals surface area contributed by atoms with Crippen LogP contribution in [0.1, 0.15) is 29.6 Å². The molecule has 0 bridgehead atoms. The normalized spacial score (nSPS) is 22.7. The Balaban J connectivity index is 1.97. The van der Waals surface area contributed by atoms with Gasteiger partial charge in [0.1, 0.15) is 0 Å². The van der Waals surface area contributed by atoms with Gasteiger partial charge in [0.05, 0.1) is 16.5 Å². The van der Waals surface area contributed by atoms with Crippen molar-refractivity contribution < 1.29 is 14.7 Å². The van der Waals surface area contributed by atoms with Gasteiger partial charge in [-0.15, -0.1) is 0 Å². The molecule has 1 aromatic carbocycles. The highest BCUT2D eigenvalue weighted by Gasteiger charge is 2.30. The first-order valence-corrected chi connectivity index (χ1v) is 6.24. The van der Waals surface area contributed by atoms with Crippen molar-refractivity contribution in [2.24, 2.45) is 5.92 Å². The Hall–Kier alpha value is -1.55. The van der Waals surface area contributed by atoms with Crippen LogP contribution < -0.4 is 5.32 Å². The summed E-state index contributed by atoms with van der Waals surface area (Å²) in [7, 11) is 0. The summed E-state index contributed by atoms with van der Waals surface area (Å²) >= 11 is 5.93. The number of rotatable bonds is 3. The second-order valence-corrected chi connectivity index (χ2v) is 4.91. The highest BCUT2D eigenvalue weighted by atomic mass is 35.5. The lowest BCUT2D eigenvalue weighted by atomic mass is 10.1. The molecule has 1 aromatic rings. The molecule has 0 saturated heterocycles. The van der Waals surface area contributed by atoms with Crippen molar-refractivity contribution in [1.82, 2.24) is 5.32 Å². The van der Waals surface area contributed by atoms with Crippen molar-refractivity contribution in [3.63, 3.8) is 0 Å². The number of benzene rings is 1. The van der Waals surface area contributed by atoms with Crippen molar-refractivity contribution >= 4 is 23.5 Å². The van der Waals surface area contributed by atoms with Crippen molar-refractivity contribution in [3.8, 4) is 0 Å². The van der Waals surface area contributed by atoms with Crippen molar-refractivity contribution in [3.05, 3.63) is 34.9 Å². The van der Waals surface area contributed by atoms with Gasteiger partial charge in [0.2, 0.25) is 0 Å². The SMILES string of the molecule is O=C(N[C@@H]1CC[C@@H](C(=O)O)C1)c1ccccc1Cl. The molecule has 96 valence electrons. The summed E-state index contributed by atoms with van der Waals surface area (Å²) in [5.41, 5.74) is 0.429. The first-order valence-electron chi connectivity index (χ1n) is 5.86. The number of carboxylic acids is 1. The molecular formula is C13H14ClNO3. The number of hydrogen-bond acceptors (Lipinski definition) is 2. The van der Waals surface area contributed by atoms with Gasteiger partial charge in [0.25, 0.3) is 5.91 Å². The van der Waals surface area contributed by atoms with E-state index in [4.69, 9.17) is 16.7 Å². The average Bonchev–Trinajstić information content (AvgIpc) is 2.78. The first-order chi connectivity index (χ1) is 8.58. The number of carbonyl (C=O) groups is 2. The maximum absolute atomic E-state index is 12.0. The molecule has 0 aliphatic heterocycles. The van der Waals surface area contributed by atoms with Gasteiger partial charge >= 0.3 is 5.97 Å². The molecule has 1 saturated carbocycles. The Morgan fingerprint density at radius 1 is 1.28 bits per heavy atom. The number of amides is 1. The molecule has 1 aliphatic rings. The highest BCUT2D eigenvalue weighted by molar-refractivity contribution is 6.33. The first kappa shape index (κ1) is 12.9. The highest BCUT2D eigenvalue weighted by Crippen LogP contribution is 2.26. The standard InChI is InChI=1S/C13H14ClNO3/c14-11-4-2-1-3-10(11)12(16)15-9-6-5-8(7-9)13(17)18/h1-4,8-9H,5-7H2,(H,15,16)(H,17,18)/t8-,9-/m1/s1. The number of carboxylic acid groups (broad SMARTS) is 1. The predicted octanol–water partition coefficient (Wildman–Crippen LogP) is 2.32. The Morgan fingerprint density at radius 2 is 2.00 bits per heavy atom. The van der Waals surface area contributed by atoms with Gasteiger partial charge in [0.15, 0.2) is 0 Å². The molecule has 5 heteroatoms. The quantitative estimate of drug-likeness (QED) is 0.883. The number of carbonyl (C=O) groups excluding carboxylic acids is 1. The summed E-state index contributed by atoms with van der Waals surface area (Å²) in [5, 5.41) is 12.1. The van der Waals surface area contributed by atoms with Gasteiger partial charge in [-0.2, -0.15) is 0 Å². The van der Waals surface area contributed by atoms with Crippen LogP contribution in [0.2, 0.25) is 5.02 Å². The van der Waals surface area contributed by atoms with E-state index < -0.39 is 5.97 Å². The minimum absolute atomic E-state index is 0.0742. The van der Waals surface area contributed by atoms with Crippen LogP contribution in [-0.2, 0) is 4.79 Å². The molecule has 0 spiro atoms. The lowest BCUT2D eigenvalue weighted by Crippen LogP contribution is -2.33. The van der Waals surface area contributed by atoms with Crippen molar-refractivity contribution in [2.45, 2.75) is 25.3 Å². The van der Waals surface area contributed by atoms with E-state index in [1.54, 1.807) is 24.3 Å². The van der Waals surface area contributed by atoms with E-state index >= 15 is 0 Å². The average molecular weight is 268 g/mol. The molecule has 0 heterocycles. The zero-order valence-electron chi connectivity index (χ0n) is 9.73. The summed E-state index contributed by atoms with van der Waals surface area (Å²) < 4.78 is 0. The lowest BCUT2D eigenvalue weighted by molar-refractivity contribution is -0.141. The van der Waals surface area contributed by atoms with E-state index in [2.05, 4.69) is 5.32 Å². The van der Waals surface area contributed by atoms with E-state index in [9.17, 15) is 9.59 Å². The maximum Gasteiger partial charge on any atom is 0.306 e. The minimum atomic E-state index is -0.788. The number of nitrogens with one attached hydrogen (secondary N) is 1.